The van der Waals surface area contributed by atoms with Crippen LogP contribution >= 0.6 is 11.8 Å². The molecule has 0 aromatic carbocycles. The first-order valence-corrected chi connectivity index (χ1v) is 5.77. The molecule has 2 nitrogen and oxygen atoms in total. The van der Waals surface area contributed by atoms with Gasteiger partial charge in [0.1, 0.15) is 5.82 Å². The van der Waals surface area contributed by atoms with Crippen LogP contribution in [0.1, 0.15) is 12.0 Å². The second-order valence-corrected chi connectivity index (χ2v) is 4.58. The number of hydrogen-bond donors (Lipinski definition) is 1. The highest BCUT2D eigenvalue weighted by atomic mass is 32.2. The number of nitrogens with zero attached hydrogens (tertiary/aromatic N) is 1. The summed E-state index contributed by atoms with van der Waals surface area (Å²) in [5, 5.41) is 3.44. The topological polar surface area (TPSA) is 24.9 Å². The predicted molar refractivity (Wildman–Crippen MR) is 58.3 cm³/mol. The van der Waals surface area contributed by atoms with Crippen molar-refractivity contribution >= 4 is 17.6 Å². The minimum atomic E-state index is 0.625. The maximum atomic E-state index is 4.32. The van der Waals surface area contributed by atoms with Gasteiger partial charge in [-0.15, -0.1) is 0 Å². The lowest BCUT2D eigenvalue weighted by atomic mass is 10.2. The number of aryl methyl sites for hydroxylation is 1. The summed E-state index contributed by atoms with van der Waals surface area (Å²) < 4.78 is 0. The summed E-state index contributed by atoms with van der Waals surface area (Å²) in [5.41, 5.74) is 1.21. The van der Waals surface area contributed by atoms with Gasteiger partial charge < -0.3 is 5.32 Å². The number of aromatic nitrogens is 1. The molecule has 2 rings (SSSR count). The Kier molecular flexibility index (Phi) is 2.74. The normalized spacial score (nSPS) is 21.8. The van der Waals surface area contributed by atoms with Gasteiger partial charge >= 0.3 is 0 Å². The summed E-state index contributed by atoms with van der Waals surface area (Å²) in [4.78, 5) is 4.32. The van der Waals surface area contributed by atoms with Crippen LogP contribution in [0.25, 0.3) is 0 Å². The van der Waals surface area contributed by atoms with Gasteiger partial charge in [0.15, 0.2) is 0 Å². The minimum absolute atomic E-state index is 0.625. The monoisotopic (exact) mass is 194 g/mol. The Hall–Kier alpha value is -0.700. The van der Waals surface area contributed by atoms with Gasteiger partial charge in [0.25, 0.3) is 0 Å². The van der Waals surface area contributed by atoms with E-state index in [1.165, 1.54) is 23.5 Å². The van der Waals surface area contributed by atoms with E-state index in [4.69, 9.17) is 0 Å². The number of hydrogen-bond acceptors (Lipinski definition) is 3. The second kappa shape index (κ2) is 4.01. The van der Waals surface area contributed by atoms with Crippen LogP contribution in [-0.2, 0) is 0 Å². The van der Waals surface area contributed by atoms with Crippen LogP contribution in [0.4, 0.5) is 5.82 Å². The Morgan fingerprint density at radius 2 is 2.46 bits per heavy atom. The summed E-state index contributed by atoms with van der Waals surface area (Å²) in [6, 6.07) is 4.77. The molecule has 2 heterocycles. The SMILES string of the molecule is Cc1ccc(NC2CCSC2)nc1. The van der Waals surface area contributed by atoms with E-state index in [9.17, 15) is 0 Å². The van der Waals surface area contributed by atoms with Gasteiger partial charge in [-0.2, -0.15) is 11.8 Å². The van der Waals surface area contributed by atoms with Crippen molar-refractivity contribution in [3.05, 3.63) is 23.9 Å². The Morgan fingerprint density at radius 1 is 1.54 bits per heavy atom. The highest BCUT2D eigenvalue weighted by Gasteiger charge is 2.14. The molecular formula is C10H14N2S. The van der Waals surface area contributed by atoms with Crippen LogP contribution in [0.15, 0.2) is 18.3 Å². The highest BCUT2D eigenvalue weighted by Crippen LogP contribution is 2.20. The molecule has 1 aliphatic heterocycles. The Morgan fingerprint density at radius 3 is 3.08 bits per heavy atom. The fraction of sp³-hybridized carbons (Fsp3) is 0.500. The van der Waals surface area contributed by atoms with Crippen molar-refractivity contribution in [2.24, 2.45) is 0 Å². The first-order valence-electron chi connectivity index (χ1n) is 4.61. The molecule has 1 fully saturated rings. The molecule has 1 aromatic rings. The Labute approximate surface area is 83.1 Å². The fourth-order valence-electron chi connectivity index (χ4n) is 1.41. The average molecular weight is 194 g/mol. The summed E-state index contributed by atoms with van der Waals surface area (Å²) in [6.45, 7) is 2.06. The van der Waals surface area contributed by atoms with Gasteiger partial charge in [-0.1, -0.05) is 6.07 Å². The van der Waals surface area contributed by atoms with Crippen LogP contribution in [0.3, 0.4) is 0 Å². The first-order chi connectivity index (χ1) is 6.34. The fourth-order valence-corrected chi connectivity index (χ4v) is 2.56. The van der Waals surface area contributed by atoms with E-state index in [0.717, 1.165) is 5.82 Å². The van der Waals surface area contributed by atoms with E-state index < -0.39 is 0 Å². The van der Waals surface area contributed by atoms with Crippen molar-refractivity contribution in [1.82, 2.24) is 4.98 Å². The zero-order valence-corrected chi connectivity index (χ0v) is 8.60. The molecule has 0 radical (unpaired) electrons. The standard InChI is InChI=1S/C10H14N2S/c1-8-2-3-10(11-6-8)12-9-4-5-13-7-9/h2-3,6,9H,4-5,7H2,1H3,(H,11,12). The minimum Gasteiger partial charge on any atom is -0.366 e. The molecule has 3 heteroatoms. The number of pyridine rings is 1. The van der Waals surface area contributed by atoms with E-state index >= 15 is 0 Å². The lowest BCUT2D eigenvalue weighted by Gasteiger charge is -2.11. The van der Waals surface area contributed by atoms with E-state index in [0.29, 0.717) is 6.04 Å². The van der Waals surface area contributed by atoms with Gasteiger partial charge in [0.05, 0.1) is 0 Å². The molecule has 0 amide bonds. The lowest BCUT2D eigenvalue weighted by Crippen LogP contribution is -2.18. The van der Waals surface area contributed by atoms with Gasteiger partial charge in [-0.05, 0) is 30.7 Å². The van der Waals surface area contributed by atoms with E-state index in [1.807, 2.05) is 18.0 Å². The Balaban J connectivity index is 1.97. The third-order valence-corrected chi connectivity index (χ3v) is 3.36. The quantitative estimate of drug-likeness (QED) is 0.782. The van der Waals surface area contributed by atoms with Crippen LogP contribution < -0.4 is 5.32 Å². The molecule has 1 aromatic heterocycles. The van der Waals surface area contributed by atoms with Gasteiger partial charge in [-0.25, -0.2) is 4.98 Å². The van der Waals surface area contributed by atoms with E-state index in [-0.39, 0.29) is 0 Å². The number of rotatable bonds is 2. The van der Waals surface area contributed by atoms with Crippen LogP contribution in [0.5, 0.6) is 0 Å². The smallest absolute Gasteiger partial charge is 0.126 e. The average Bonchev–Trinajstić information content (AvgIpc) is 2.62. The molecule has 1 atom stereocenters. The third-order valence-electron chi connectivity index (χ3n) is 2.19. The number of nitrogens with one attached hydrogen (secondary N) is 1. The molecule has 1 unspecified atom stereocenters. The van der Waals surface area contributed by atoms with Crippen molar-refractivity contribution in [3.63, 3.8) is 0 Å². The summed E-state index contributed by atoms with van der Waals surface area (Å²) in [7, 11) is 0. The molecule has 1 N–H and O–H groups in total. The largest absolute Gasteiger partial charge is 0.366 e. The van der Waals surface area contributed by atoms with Crippen LogP contribution in [0.2, 0.25) is 0 Å². The Bertz CT molecular complexity index is 265. The van der Waals surface area contributed by atoms with Crippen molar-refractivity contribution in [3.8, 4) is 0 Å². The molecule has 1 aliphatic rings. The molecule has 0 aliphatic carbocycles. The highest BCUT2D eigenvalue weighted by molar-refractivity contribution is 7.99. The molecule has 1 saturated heterocycles. The molecule has 0 saturated carbocycles. The third kappa shape index (κ3) is 2.37. The van der Waals surface area contributed by atoms with Crippen LogP contribution in [0, 0.1) is 6.92 Å². The van der Waals surface area contributed by atoms with Crippen molar-refractivity contribution in [1.29, 1.82) is 0 Å². The van der Waals surface area contributed by atoms with Crippen LogP contribution in [-0.4, -0.2) is 22.5 Å². The van der Waals surface area contributed by atoms with Crippen molar-refractivity contribution in [2.45, 2.75) is 19.4 Å². The number of thioether (sulfide) groups is 1. The zero-order chi connectivity index (χ0) is 9.10. The van der Waals surface area contributed by atoms with E-state index in [1.54, 1.807) is 0 Å². The van der Waals surface area contributed by atoms with Crippen molar-refractivity contribution in [2.75, 3.05) is 16.8 Å². The maximum absolute atomic E-state index is 4.32. The molecular weight excluding hydrogens is 180 g/mol. The van der Waals surface area contributed by atoms with Gasteiger partial charge in [0, 0.05) is 18.0 Å². The molecule has 0 spiro atoms. The molecule has 70 valence electrons. The van der Waals surface area contributed by atoms with E-state index in [2.05, 4.69) is 29.4 Å². The number of anilines is 1. The first kappa shape index (κ1) is 8.88. The predicted octanol–water partition coefficient (Wildman–Crippen LogP) is 2.31. The zero-order valence-electron chi connectivity index (χ0n) is 7.79. The molecule has 13 heavy (non-hydrogen) atoms. The summed E-state index contributed by atoms with van der Waals surface area (Å²) >= 11 is 2.01. The summed E-state index contributed by atoms with van der Waals surface area (Å²) in [5.74, 6) is 3.51. The molecule has 0 bridgehead atoms. The van der Waals surface area contributed by atoms with Gasteiger partial charge in [0.2, 0.25) is 0 Å². The maximum Gasteiger partial charge on any atom is 0.126 e. The summed E-state index contributed by atoms with van der Waals surface area (Å²) in [6.07, 6.45) is 3.17. The lowest BCUT2D eigenvalue weighted by molar-refractivity contribution is 0.806. The van der Waals surface area contributed by atoms with Crippen molar-refractivity contribution < 1.29 is 0 Å². The second-order valence-electron chi connectivity index (χ2n) is 3.43. The van der Waals surface area contributed by atoms with Gasteiger partial charge in [-0.3, -0.25) is 0 Å².